The van der Waals surface area contributed by atoms with Crippen molar-refractivity contribution in [3.8, 4) is 11.5 Å². The maximum absolute atomic E-state index is 11.0. The summed E-state index contributed by atoms with van der Waals surface area (Å²) in [6.07, 6.45) is 0. The van der Waals surface area contributed by atoms with Gasteiger partial charge in [-0.1, -0.05) is 18.2 Å². The summed E-state index contributed by atoms with van der Waals surface area (Å²) in [7, 11) is 5.04. The molecular weight excluding hydrogens is 525 g/mol. The van der Waals surface area contributed by atoms with Gasteiger partial charge in [0.2, 0.25) is 0 Å². The van der Waals surface area contributed by atoms with Crippen LogP contribution in [0.1, 0.15) is 11.1 Å². The van der Waals surface area contributed by atoms with Crippen molar-refractivity contribution in [1.29, 1.82) is 0 Å². The van der Waals surface area contributed by atoms with Crippen molar-refractivity contribution in [3.63, 3.8) is 0 Å². The van der Waals surface area contributed by atoms with Crippen LogP contribution in [0, 0.1) is 10.1 Å². The van der Waals surface area contributed by atoms with Crippen LogP contribution in [-0.4, -0.2) is 68.1 Å². The fourth-order valence-corrected chi connectivity index (χ4v) is 3.65. The molecule has 0 bridgehead atoms. The van der Waals surface area contributed by atoms with Crippen LogP contribution < -0.4 is 14.8 Å². The summed E-state index contributed by atoms with van der Waals surface area (Å²) < 4.78 is 10.7. The predicted molar refractivity (Wildman–Crippen MR) is 135 cm³/mol. The number of rotatable bonds is 7. The summed E-state index contributed by atoms with van der Waals surface area (Å²) in [6.45, 7) is 4.84. The fourth-order valence-electron chi connectivity index (χ4n) is 3.65. The molecule has 0 spiro atoms. The number of non-ortho nitro benzene ring substituents is 1. The molecule has 1 fully saturated rings. The van der Waals surface area contributed by atoms with E-state index < -0.39 is 0 Å². The first-order valence-corrected chi connectivity index (χ1v) is 10.2. The van der Waals surface area contributed by atoms with Crippen molar-refractivity contribution in [2.24, 2.45) is 4.99 Å². The fraction of sp³-hybridized carbons (Fsp3) is 0.409. The number of methoxy groups -OCH3 is 2. The number of nitrogens with zero attached hydrogens (tertiary/aromatic N) is 4. The normalized spacial score (nSPS) is 14.5. The van der Waals surface area contributed by atoms with Gasteiger partial charge in [0.1, 0.15) is 0 Å². The molecule has 32 heavy (non-hydrogen) atoms. The minimum atomic E-state index is -0.379. The van der Waals surface area contributed by atoms with E-state index in [2.05, 4.69) is 26.2 Å². The molecular formula is C22H30IN5O4. The largest absolute Gasteiger partial charge is 0.493 e. The lowest BCUT2D eigenvalue weighted by molar-refractivity contribution is -0.384. The average molecular weight is 555 g/mol. The molecule has 2 aromatic rings. The van der Waals surface area contributed by atoms with Crippen LogP contribution in [0.3, 0.4) is 0 Å². The van der Waals surface area contributed by atoms with Gasteiger partial charge in [0.15, 0.2) is 17.5 Å². The molecule has 0 aromatic heterocycles. The highest BCUT2D eigenvalue weighted by molar-refractivity contribution is 14.0. The van der Waals surface area contributed by atoms with E-state index in [9.17, 15) is 10.1 Å². The maximum atomic E-state index is 11.0. The third-order valence-corrected chi connectivity index (χ3v) is 5.31. The van der Waals surface area contributed by atoms with E-state index in [1.54, 1.807) is 33.4 Å². The first kappa shape index (κ1) is 25.7. The van der Waals surface area contributed by atoms with Crippen molar-refractivity contribution in [2.45, 2.75) is 13.1 Å². The van der Waals surface area contributed by atoms with Crippen LogP contribution in [-0.2, 0) is 13.1 Å². The zero-order chi connectivity index (χ0) is 22.2. The number of nitro groups is 1. The minimum absolute atomic E-state index is 0. The molecule has 0 aliphatic carbocycles. The van der Waals surface area contributed by atoms with Gasteiger partial charge in [-0.3, -0.25) is 20.0 Å². The van der Waals surface area contributed by atoms with Crippen molar-refractivity contribution in [2.75, 3.05) is 47.4 Å². The van der Waals surface area contributed by atoms with Crippen LogP contribution in [0.2, 0.25) is 0 Å². The van der Waals surface area contributed by atoms with Crippen molar-refractivity contribution >= 4 is 35.6 Å². The number of aliphatic imine (C=N–C) groups is 1. The van der Waals surface area contributed by atoms with Gasteiger partial charge in [0.25, 0.3) is 5.69 Å². The Morgan fingerprint density at radius 2 is 1.78 bits per heavy atom. The summed E-state index contributed by atoms with van der Waals surface area (Å²) in [5.74, 6) is 2.27. The van der Waals surface area contributed by atoms with Gasteiger partial charge >= 0.3 is 0 Å². The van der Waals surface area contributed by atoms with Crippen molar-refractivity contribution in [1.82, 2.24) is 15.1 Å². The third kappa shape index (κ3) is 6.70. The Kier molecular flexibility index (Phi) is 9.97. The predicted octanol–water partition coefficient (Wildman–Crippen LogP) is 3.12. The van der Waals surface area contributed by atoms with Gasteiger partial charge in [-0.25, -0.2) is 0 Å². The molecule has 1 aliphatic rings. The molecule has 1 heterocycles. The second-order valence-electron chi connectivity index (χ2n) is 7.28. The molecule has 10 heteroatoms. The molecule has 2 aromatic carbocycles. The molecule has 0 unspecified atom stereocenters. The van der Waals surface area contributed by atoms with Gasteiger partial charge in [0.05, 0.1) is 19.1 Å². The summed E-state index contributed by atoms with van der Waals surface area (Å²) in [4.78, 5) is 19.6. The lowest BCUT2D eigenvalue weighted by Crippen LogP contribution is -2.52. The number of benzene rings is 2. The Balaban J connectivity index is 0.00000363. The summed E-state index contributed by atoms with van der Waals surface area (Å²) in [6, 6.07) is 12.7. The number of nitro benzene ring substituents is 1. The van der Waals surface area contributed by atoms with Gasteiger partial charge in [-0.15, -0.1) is 24.0 Å². The number of hydrogen-bond donors (Lipinski definition) is 1. The zero-order valence-corrected chi connectivity index (χ0v) is 20.9. The van der Waals surface area contributed by atoms with Crippen LogP contribution in [0.25, 0.3) is 0 Å². The van der Waals surface area contributed by atoms with Crippen LogP contribution in [0.5, 0.6) is 11.5 Å². The van der Waals surface area contributed by atoms with Crippen LogP contribution in [0.15, 0.2) is 47.5 Å². The van der Waals surface area contributed by atoms with Gasteiger partial charge < -0.3 is 19.7 Å². The summed E-state index contributed by atoms with van der Waals surface area (Å²) in [5, 5.41) is 14.3. The second kappa shape index (κ2) is 12.4. The van der Waals surface area contributed by atoms with Gasteiger partial charge in [-0.05, 0) is 23.3 Å². The van der Waals surface area contributed by atoms with E-state index >= 15 is 0 Å². The standard InChI is InChI=1S/C22H29N5O4.HI/c1-23-22(24-15-17-5-4-6-19(13-17)27(28)29)26-11-9-25(10-12-26)16-18-7-8-20(30-2)21(14-18)31-3;/h4-8,13-14H,9-12,15-16H2,1-3H3,(H,23,24);1H. The molecule has 174 valence electrons. The number of piperazine rings is 1. The van der Waals surface area contributed by atoms with E-state index in [0.717, 1.165) is 55.7 Å². The third-order valence-electron chi connectivity index (χ3n) is 5.31. The topological polar surface area (TPSA) is 92.5 Å². The molecule has 0 atom stereocenters. The second-order valence-corrected chi connectivity index (χ2v) is 7.28. The highest BCUT2D eigenvalue weighted by Gasteiger charge is 2.20. The number of ether oxygens (including phenoxy) is 2. The highest BCUT2D eigenvalue weighted by Crippen LogP contribution is 2.28. The molecule has 1 N–H and O–H groups in total. The van der Waals surface area contributed by atoms with Crippen LogP contribution in [0.4, 0.5) is 5.69 Å². The molecule has 1 aliphatic heterocycles. The Morgan fingerprint density at radius 3 is 2.41 bits per heavy atom. The monoisotopic (exact) mass is 555 g/mol. The summed E-state index contributed by atoms with van der Waals surface area (Å²) in [5.41, 5.74) is 2.12. The number of guanidine groups is 1. The number of nitrogens with one attached hydrogen (secondary N) is 1. The quantitative estimate of drug-likeness (QED) is 0.185. The molecule has 0 saturated carbocycles. The summed E-state index contributed by atoms with van der Waals surface area (Å²) >= 11 is 0. The number of halogens is 1. The lowest BCUT2D eigenvalue weighted by atomic mass is 10.1. The van der Waals surface area contributed by atoms with E-state index in [-0.39, 0.29) is 34.6 Å². The maximum Gasteiger partial charge on any atom is 0.269 e. The Hall–Kier alpha value is -2.60. The van der Waals surface area contributed by atoms with Crippen molar-refractivity contribution < 1.29 is 14.4 Å². The van der Waals surface area contributed by atoms with Gasteiger partial charge in [0, 0.05) is 58.4 Å². The Labute approximate surface area is 205 Å². The van der Waals surface area contributed by atoms with E-state index in [1.807, 2.05) is 18.2 Å². The minimum Gasteiger partial charge on any atom is -0.493 e. The molecule has 0 radical (unpaired) electrons. The Bertz CT molecular complexity index is 932. The SMILES string of the molecule is CN=C(NCc1cccc([N+](=O)[O-])c1)N1CCN(Cc2ccc(OC)c(OC)c2)CC1.I. The van der Waals surface area contributed by atoms with Crippen LogP contribution >= 0.6 is 24.0 Å². The average Bonchev–Trinajstić information content (AvgIpc) is 2.80. The Morgan fingerprint density at radius 1 is 1.06 bits per heavy atom. The van der Waals surface area contributed by atoms with E-state index in [0.29, 0.717) is 6.54 Å². The highest BCUT2D eigenvalue weighted by atomic mass is 127. The van der Waals surface area contributed by atoms with E-state index in [4.69, 9.17) is 9.47 Å². The zero-order valence-electron chi connectivity index (χ0n) is 18.6. The molecule has 9 nitrogen and oxygen atoms in total. The first-order chi connectivity index (χ1) is 15.0. The first-order valence-electron chi connectivity index (χ1n) is 10.2. The lowest BCUT2D eigenvalue weighted by Gasteiger charge is -2.36. The van der Waals surface area contributed by atoms with Gasteiger partial charge in [-0.2, -0.15) is 0 Å². The number of hydrogen-bond acceptors (Lipinski definition) is 6. The van der Waals surface area contributed by atoms with Crippen molar-refractivity contribution in [3.05, 3.63) is 63.7 Å². The molecule has 0 amide bonds. The smallest absolute Gasteiger partial charge is 0.269 e. The molecule has 3 rings (SSSR count). The van der Waals surface area contributed by atoms with E-state index in [1.165, 1.54) is 11.6 Å². The molecule has 1 saturated heterocycles.